The van der Waals surface area contributed by atoms with Crippen molar-refractivity contribution in [1.29, 1.82) is 0 Å². The molecule has 1 unspecified atom stereocenters. The average Bonchev–Trinajstić information content (AvgIpc) is 2.37. The highest BCUT2D eigenvalue weighted by molar-refractivity contribution is 6.30. The van der Waals surface area contributed by atoms with E-state index in [0.29, 0.717) is 18.1 Å². The van der Waals surface area contributed by atoms with Crippen LogP contribution in [0, 0.1) is 0 Å². The van der Waals surface area contributed by atoms with Gasteiger partial charge in [-0.25, -0.2) is 0 Å². The zero-order chi connectivity index (χ0) is 13.8. The third-order valence-electron chi connectivity index (χ3n) is 3.32. The van der Waals surface area contributed by atoms with Crippen LogP contribution in [0.5, 0.6) is 0 Å². The van der Waals surface area contributed by atoms with Crippen molar-refractivity contribution >= 4 is 17.5 Å². The Morgan fingerprint density at radius 1 is 1.53 bits per heavy atom. The average molecular weight is 282 g/mol. The van der Waals surface area contributed by atoms with Gasteiger partial charge in [0.1, 0.15) is 0 Å². The topological polar surface area (TPSA) is 44.4 Å². The molecule has 1 aliphatic rings. The van der Waals surface area contributed by atoms with E-state index in [-0.39, 0.29) is 11.8 Å². The summed E-state index contributed by atoms with van der Waals surface area (Å²) in [6.45, 7) is 2.98. The molecule has 19 heavy (non-hydrogen) atoms. The lowest BCUT2D eigenvalue weighted by Crippen LogP contribution is -2.40. The number of carbonyl (C=O) groups is 1. The van der Waals surface area contributed by atoms with Gasteiger partial charge in [0.15, 0.2) is 0 Å². The van der Waals surface area contributed by atoms with Gasteiger partial charge in [-0.05, 0) is 37.4 Å². The first-order valence-corrected chi connectivity index (χ1v) is 6.87. The Balaban J connectivity index is 2.04. The lowest BCUT2D eigenvalue weighted by Gasteiger charge is -2.26. The summed E-state index contributed by atoms with van der Waals surface area (Å²) < 4.78 is 0. The largest absolute Gasteiger partial charge is 0.354 e. The molecule has 0 saturated heterocycles. The van der Waals surface area contributed by atoms with Crippen molar-refractivity contribution in [3.8, 4) is 0 Å². The molecule has 2 N–H and O–H groups in total. The number of benzene rings is 1. The van der Waals surface area contributed by atoms with Gasteiger partial charge < -0.3 is 15.5 Å². The second kappa shape index (κ2) is 6.37. The van der Waals surface area contributed by atoms with E-state index in [0.717, 1.165) is 24.2 Å². The minimum Gasteiger partial charge on any atom is -0.354 e. The molecular weight excluding hydrogens is 262 g/mol. The highest BCUT2D eigenvalue weighted by Gasteiger charge is 2.26. The summed E-state index contributed by atoms with van der Waals surface area (Å²) in [6.07, 6.45) is 0. The summed E-state index contributed by atoms with van der Waals surface area (Å²) in [7, 11) is 3.98. The molecule has 1 aromatic rings. The van der Waals surface area contributed by atoms with Gasteiger partial charge in [-0.15, -0.1) is 0 Å². The summed E-state index contributed by atoms with van der Waals surface area (Å²) in [6, 6.07) is 5.75. The first-order chi connectivity index (χ1) is 9.08. The van der Waals surface area contributed by atoms with Gasteiger partial charge in [0.25, 0.3) is 0 Å². The number of hydrogen-bond donors (Lipinski definition) is 2. The van der Waals surface area contributed by atoms with Crippen LogP contribution < -0.4 is 10.6 Å². The molecule has 1 aliphatic heterocycles. The van der Waals surface area contributed by atoms with E-state index < -0.39 is 0 Å². The van der Waals surface area contributed by atoms with Crippen LogP contribution in [-0.4, -0.2) is 44.5 Å². The molecule has 0 radical (unpaired) electrons. The normalized spacial score (nSPS) is 18.2. The minimum absolute atomic E-state index is 0.0811. The Morgan fingerprint density at radius 3 is 3.05 bits per heavy atom. The third kappa shape index (κ3) is 3.69. The first kappa shape index (κ1) is 14.3. The smallest absolute Gasteiger partial charge is 0.228 e. The van der Waals surface area contributed by atoms with E-state index >= 15 is 0 Å². The maximum absolute atomic E-state index is 12.2. The molecule has 1 aromatic carbocycles. The number of fused-ring (bicyclic) bond motifs is 1. The van der Waals surface area contributed by atoms with Crippen molar-refractivity contribution < 1.29 is 4.79 Å². The molecule has 1 heterocycles. The molecule has 1 amide bonds. The third-order valence-corrected chi connectivity index (χ3v) is 3.55. The Hall–Kier alpha value is -1.10. The predicted molar refractivity (Wildman–Crippen MR) is 77.5 cm³/mol. The van der Waals surface area contributed by atoms with Gasteiger partial charge >= 0.3 is 0 Å². The van der Waals surface area contributed by atoms with Crippen LogP contribution in [0.2, 0.25) is 5.02 Å². The Labute approximate surface area is 119 Å². The molecule has 0 fully saturated rings. The van der Waals surface area contributed by atoms with Gasteiger partial charge in [0.05, 0.1) is 5.92 Å². The summed E-state index contributed by atoms with van der Waals surface area (Å²) in [5.74, 6) is -0.0409. The van der Waals surface area contributed by atoms with Gasteiger partial charge in [0, 0.05) is 31.2 Å². The van der Waals surface area contributed by atoms with Crippen LogP contribution in [0.4, 0.5) is 0 Å². The Bertz CT molecular complexity index is 462. The number of amides is 1. The Kier molecular flexibility index (Phi) is 4.80. The van der Waals surface area contributed by atoms with Gasteiger partial charge in [-0.1, -0.05) is 17.7 Å². The molecule has 0 bridgehead atoms. The maximum Gasteiger partial charge on any atom is 0.228 e. The van der Waals surface area contributed by atoms with E-state index in [2.05, 4.69) is 10.6 Å². The van der Waals surface area contributed by atoms with Gasteiger partial charge in [-0.2, -0.15) is 0 Å². The van der Waals surface area contributed by atoms with E-state index in [9.17, 15) is 4.79 Å². The summed E-state index contributed by atoms with van der Waals surface area (Å²) in [5.41, 5.74) is 2.21. The number of nitrogens with zero attached hydrogens (tertiary/aromatic N) is 1. The van der Waals surface area contributed by atoms with Crippen LogP contribution >= 0.6 is 11.6 Å². The van der Waals surface area contributed by atoms with Crippen LogP contribution in [0.25, 0.3) is 0 Å². The molecule has 0 spiro atoms. The maximum atomic E-state index is 12.2. The molecule has 0 aliphatic carbocycles. The van der Waals surface area contributed by atoms with E-state index in [1.165, 1.54) is 0 Å². The lowest BCUT2D eigenvalue weighted by atomic mass is 9.90. The molecule has 1 atom stereocenters. The van der Waals surface area contributed by atoms with E-state index in [1.807, 2.05) is 37.2 Å². The lowest BCUT2D eigenvalue weighted by molar-refractivity contribution is -0.122. The number of carbonyl (C=O) groups excluding carboxylic acids is 1. The molecule has 2 rings (SSSR count). The molecule has 0 aromatic heterocycles. The number of halogens is 1. The standard InChI is InChI=1S/C14H20ClN3O/c1-18(2)6-5-17-14(19)13-9-16-8-10-7-11(15)3-4-12(10)13/h3-4,7,13,16H,5-6,8-9H2,1-2H3,(H,17,19). The van der Waals surface area contributed by atoms with Crippen molar-refractivity contribution in [2.24, 2.45) is 0 Å². The van der Waals surface area contributed by atoms with E-state index in [1.54, 1.807) is 0 Å². The van der Waals surface area contributed by atoms with Crippen LogP contribution in [0.3, 0.4) is 0 Å². The molecular formula is C14H20ClN3O. The fourth-order valence-corrected chi connectivity index (χ4v) is 2.48. The van der Waals surface area contributed by atoms with Gasteiger partial charge in [0.2, 0.25) is 5.91 Å². The number of hydrogen-bond acceptors (Lipinski definition) is 3. The number of nitrogens with one attached hydrogen (secondary N) is 2. The van der Waals surface area contributed by atoms with Crippen molar-refractivity contribution in [3.05, 3.63) is 34.3 Å². The molecule has 5 heteroatoms. The molecule has 104 valence electrons. The van der Waals surface area contributed by atoms with Gasteiger partial charge in [-0.3, -0.25) is 4.79 Å². The highest BCUT2D eigenvalue weighted by atomic mass is 35.5. The zero-order valence-electron chi connectivity index (χ0n) is 11.4. The molecule has 4 nitrogen and oxygen atoms in total. The summed E-state index contributed by atoms with van der Waals surface area (Å²) >= 11 is 5.99. The highest BCUT2D eigenvalue weighted by Crippen LogP contribution is 2.26. The fourth-order valence-electron chi connectivity index (χ4n) is 2.29. The molecule has 0 saturated carbocycles. The van der Waals surface area contributed by atoms with Crippen molar-refractivity contribution in [1.82, 2.24) is 15.5 Å². The quantitative estimate of drug-likeness (QED) is 0.872. The Morgan fingerprint density at radius 2 is 2.32 bits per heavy atom. The first-order valence-electron chi connectivity index (χ1n) is 6.49. The minimum atomic E-state index is -0.122. The van der Waals surface area contributed by atoms with Crippen molar-refractivity contribution in [3.63, 3.8) is 0 Å². The van der Waals surface area contributed by atoms with E-state index in [4.69, 9.17) is 11.6 Å². The SMILES string of the molecule is CN(C)CCNC(=O)C1CNCc2cc(Cl)ccc21. The zero-order valence-corrected chi connectivity index (χ0v) is 12.1. The number of likely N-dealkylation sites (N-methyl/N-ethyl adjacent to an activating group) is 1. The summed E-state index contributed by atoms with van der Waals surface area (Å²) in [4.78, 5) is 14.3. The second-order valence-corrected chi connectivity index (χ2v) is 5.56. The fraction of sp³-hybridized carbons (Fsp3) is 0.500. The van der Waals surface area contributed by atoms with Crippen LogP contribution in [0.1, 0.15) is 17.0 Å². The van der Waals surface area contributed by atoms with Crippen molar-refractivity contribution in [2.45, 2.75) is 12.5 Å². The van der Waals surface area contributed by atoms with Crippen LogP contribution in [-0.2, 0) is 11.3 Å². The monoisotopic (exact) mass is 281 g/mol. The predicted octanol–water partition coefficient (Wildman–Crippen LogP) is 1.20. The summed E-state index contributed by atoms with van der Waals surface area (Å²) in [5, 5.41) is 6.97. The van der Waals surface area contributed by atoms with Crippen LogP contribution in [0.15, 0.2) is 18.2 Å². The number of rotatable bonds is 4. The second-order valence-electron chi connectivity index (χ2n) is 5.12. The van der Waals surface area contributed by atoms with Crippen molar-refractivity contribution in [2.75, 3.05) is 33.7 Å².